The van der Waals surface area contributed by atoms with Crippen LogP contribution in [0.25, 0.3) is 0 Å². The van der Waals surface area contributed by atoms with Crippen LogP contribution in [0.15, 0.2) is 41.2 Å². The standard InChI is InChI=1S/C17H18N6O2/c1-12-20-17(25-21-12)13-9-22(11-15-5-7-19-23(15)10-13)16(24)8-14-4-2-3-6-18-14/h2-7,13H,8-11H2,1H3. The predicted molar refractivity (Wildman–Crippen MR) is 87.4 cm³/mol. The molecule has 8 heteroatoms. The van der Waals surface area contributed by atoms with Crippen molar-refractivity contribution >= 4 is 5.91 Å². The van der Waals surface area contributed by atoms with Gasteiger partial charge in [0.2, 0.25) is 11.8 Å². The lowest BCUT2D eigenvalue weighted by Gasteiger charge is -2.22. The van der Waals surface area contributed by atoms with Crippen LogP contribution < -0.4 is 0 Å². The Balaban J connectivity index is 1.59. The van der Waals surface area contributed by atoms with Gasteiger partial charge in [0.1, 0.15) is 0 Å². The van der Waals surface area contributed by atoms with Gasteiger partial charge >= 0.3 is 0 Å². The zero-order valence-electron chi connectivity index (χ0n) is 13.9. The van der Waals surface area contributed by atoms with Crippen LogP contribution in [0, 0.1) is 6.92 Å². The van der Waals surface area contributed by atoms with E-state index in [-0.39, 0.29) is 18.2 Å². The fraction of sp³-hybridized carbons (Fsp3) is 0.353. The number of carbonyl (C=O) groups is 1. The third-order valence-electron chi connectivity index (χ3n) is 4.30. The number of amides is 1. The van der Waals surface area contributed by atoms with Crippen LogP contribution in [0.5, 0.6) is 0 Å². The molecular formula is C17H18N6O2. The van der Waals surface area contributed by atoms with Gasteiger partial charge in [-0.05, 0) is 25.1 Å². The molecule has 0 spiro atoms. The molecule has 0 fully saturated rings. The van der Waals surface area contributed by atoms with Gasteiger partial charge in [0.15, 0.2) is 5.82 Å². The number of aromatic nitrogens is 5. The zero-order valence-corrected chi connectivity index (χ0v) is 13.9. The lowest BCUT2D eigenvalue weighted by atomic mass is 10.1. The van der Waals surface area contributed by atoms with Crippen molar-refractivity contribution in [2.75, 3.05) is 6.54 Å². The molecule has 25 heavy (non-hydrogen) atoms. The summed E-state index contributed by atoms with van der Waals surface area (Å²) in [4.78, 5) is 23.2. The third-order valence-corrected chi connectivity index (χ3v) is 4.30. The minimum atomic E-state index is -0.0879. The highest BCUT2D eigenvalue weighted by atomic mass is 16.5. The largest absolute Gasteiger partial charge is 0.339 e. The first-order valence-corrected chi connectivity index (χ1v) is 8.17. The van der Waals surface area contributed by atoms with E-state index in [9.17, 15) is 4.79 Å². The van der Waals surface area contributed by atoms with Crippen LogP contribution in [-0.2, 0) is 24.3 Å². The minimum absolute atomic E-state index is 0.0228. The average Bonchev–Trinajstić information content (AvgIpc) is 3.19. The summed E-state index contributed by atoms with van der Waals surface area (Å²) in [6, 6.07) is 7.52. The van der Waals surface area contributed by atoms with E-state index < -0.39 is 0 Å². The van der Waals surface area contributed by atoms with E-state index in [4.69, 9.17) is 4.52 Å². The van der Waals surface area contributed by atoms with Crippen molar-refractivity contribution in [3.8, 4) is 0 Å². The molecule has 128 valence electrons. The van der Waals surface area contributed by atoms with E-state index >= 15 is 0 Å². The fourth-order valence-electron chi connectivity index (χ4n) is 3.05. The molecular weight excluding hydrogens is 320 g/mol. The fourth-order valence-corrected chi connectivity index (χ4v) is 3.05. The molecule has 1 amide bonds. The smallest absolute Gasteiger partial charge is 0.233 e. The molecule has 8 nitrogen and oxygen atoms in total. The van der Waals surface area contributed by atoms with E-state index in [1.807, 2.05) is 33.8 Å². The summed E-state index contributed by atoms with van der Waals surface area (Å²) in [5.74, 6) is 1.06. The van der Waals surface area contributed by atoms with Crippen LogP contribution in [0.3, 0.4) is 0 Å². The Kier molecular flexibility index (Phi) is 4.01. The normalized spacial score (nSPS) is 17.2. The maximum atomic E-state index is 12.8. The molecule has 3 aromatic heterocycles. The van der Waals surface area contributed by atoms with Crippen molar-refractivity contribution in [3.05, 3.63) is 59.8 Å². The monoisotopic (exact) mass is 338 g/mol. The molecule has 3 aromatic rings. The van der Waals surface area contributed by atoms with Crippen LogP contribution in [-0.4, -0.2) is 42.3 Å². The molecule has 0 N–H and O–H groups in total. The maximum absolute atomic E-state index is 12.8. The van der Waals surface area contributed by atoms with Crippen molar-refractivity contribution < 1.29 is 9.32 Å². The van der Waals surface area contributed by atoms with Gasteiger partial charge in [0, 0.05) is 24.6 Å². The summed E-state index contributed by atoms with van der Waals surface area (Å²) in [6.07, 6.45) is 3.72. The molecule has 1 aliphatic rings. The molecule has 1 unspecified atom stereocenters. The van der Waals surface area contributed by atoms with Gasteiger partial charge in [-0.15, -0.1) is 0 Å². The maximum Gasteiger partial charge on any atom is 0.233 e. The van der Waals surface area contributed by atoms with Crippen molar-refractivity contribution in [2.24, 2.45) is 0 Å². The van der Waals surface area contributed by atoms with E-state index in [0.717, 1.165) is 11.4 Å². The van der Waals surface area contributed by atoms with Gasteiger partial charge in [0.05, 0.1) is 31.1 Å². The summed E-state index contributed by atoms with van der Waals surface area (Å²) in [6.45, 7) is 3.41. The summed E-state index contributed by atoms with van der Waals surface area (Å²) >= 11 is 0. The molecule has 0 aliphatic carbocycles. The first-order chi connectivity index (χ1) is 12.2. The van der Waals surface area contributed by atoms with Crippen LogP contribution in [0.1, 0.15) is 29.0 Å². The Labute approximate surface area is 144 Å². The highest BCUT2D eigenvalue weighted by Gasteiger charge is 2.29. The molecule has 4 heterocycles. The van der Waals surface area contributed by atoms with Crippen LogP contribution in [0.2, 0.25) is 0 Å². The Morgan fingerprint density at radius 2 is 2.20 bits per heavy atom. The molecule has 0 saturated carbocycles. The molecule has 0 radical (unpaired) electrons. The van der Waals surface area contributed by atoms with E-state index in [1.165, 1.54) is 0 Å². The van der Waals surface area contributed by atoms with Gasteiger partial charge in [0.25, 0.3) is 0 Å². The van der Waals surface area contributed by atoms with Gasteiger partial charge in [-0.25, -0.2) is 0 Å². The number of hydrogen-bond donors (Lipinski definition) is 0. The molecule has 1 aliphatic heterocycles. The summed E-state index contributed by atoms with van der Waals surface area (Å²) in [7, 11) is 0. The van der Waals surface area contributed by atoms with Crippen molar-refractivity contribution in [1.29, 1.82) is 0 Å². The van der Waals surface area contributed by atoms with Crippen LogP contribution in [0.4, 0.5) is 0 Å². The van der Waals surface area contributed by atoms with Gasteiger partial charge in [-0.3, -0.25) is 14.5 Å². The molecule has 0 aromatic carbocycles. The first-order valence-electron chi connectivity index (χ1n) is 8.17. The third kappa shape index (κ3) is 3.28. The SMILES string of the molecule is Cc1noc(C2CN(C(=O)Cc3ccccn3)Cc3ccnn3C2)n1. The number of fused-ring (bicyclic) bond motifs is 1. The predicted octanol–water partition coefficient (Wildman–Crippen LogP) is 1.34. The van der Waals surface area contributed by atoms with Gasteiger partial charge in [-0.2, -0.15) is 10.1 Å². The second-order valence-corrected chi connectivity index (χ2v) is 6.15. The van der Waals surface area contributed by atoms with Gasteiger partial charge < -0.3 is 9.42 Å². The number of rotatable bonds is 3. The molecule has 0 bridgehead atoms. The highest BCUT2D eigenvalue weighted by molar-refractivity contribution is 5.78. The van der Waals surface area contributed by atoms with Crippen molar-refractivity contribution in [2.45, 2.75) is 32.4 Å². The van der Waals surface area contributed by atoms with Crippen LogP contribution >= 0.6 is 0 Å². The lowest BCUT2D eigenvalue weighted by molar-refractivity contribution is -0.131. The first kappa shape index (κ1) is 15.5. The van der Waals surface area contributed by atoms with E-state index in [2.05, 4.69) is 20.2 Å². The number of pyridine rings is 1. The topological polar surface area (TPSA) is 89.9 Å². The average molecular weight is 338 g/mol. The second kappa shape index (κ2) is 6.46. The number of hydrogen-bond acceptors (Lipinski definition) is 6. The number of carbonyl (C=O) groups excluding carboxylic acids is 1. The zero-order chi connectivity index (χ0) is 17.2. The van der Waals surface area contributed by atoms with Gasteiger partial charge in [-0.1, -0.05) is 11.2 Å². The Hall–Kier alpha value is -3.03. The number of aryl methyl sites for hydroxylation is 1. The van der Waals surface area contributed by atoms with Crippen molar-refractivity contribution in [3.63, 3.8) is 0 Å². The van der Waals surface area contributed by atoms with E-state index in [0.29, 0.717) is 31.3 Å². The Bertz CT molecular complexity index is 872. The Morgan fingerprint density at radius 1 is 1.28 bits per heavy atom. The van der Waals surface area contributed by atoms with Crippen molar-refractivity contribution in [1.82, 2.24) is 29.8 Å². The Morgan fingerprint density at radius 3 is 2.96 bits per heavy atom. The molecule has 1 atom stereocenters. The molecule has 4 rings (SSSR count). The minimum Gasteiger partial charge on any atom is -0.339 e. The highest BCUT2D eigenvalue weighted by Crippen LogP contribution is 2.23. The lowest BCUT2D eigenvalue weighted by Crippen LogP contribution is -2.34. The summed E-state index contributed by atoms with van der Waals surface area (Å²) in [5.41, 5.74) is 1.75. The summed E-state index contributed by atoms with van der Waals surface area (Å²) in [5, 5.41) is 8.23. The van der Waals surface area contributed by atoms with E-state index in [1.54, 1.807) is 19.3 Å². The second-order valence-electron chi connectivity index (χ2n) is 6.15. The quantitative estimate of drug-likeness (QED) is 0.716. The summed E-state index contributed by atoms with van der Waals surface area (Å²) < 4.78 is 7.25. The number of nitrogens with zero attached hydrogens (tertiary/aromatic N) is 6. The molecule has 0 saturated heterocycles.